The van der Waals surface area contributed by atoms with E-state index < -0.39 is 12.0 Å². The Morgan fingerprint density at radius 3 is 2.50 bits per heavy atom. The van der Waals surface area contributed by atoms with Crippen molar-refractivity contribution in [3.8, 4) is 5.75 Å². The van der Waals surface area contributed by atoms with Crippen LogP contribution in [0.2, 0.25) is 0 Å². The molecule has 0 bridgehead atoms. The van der Waals surface area contributed by atoms with Gasteiger partial charge in [0.25, 0.3) is 0 Å². The smallest absolute Gasteiger partial charge is 0.333 e. The summed E-state index contributed by atoms with van der Waals surface area (Å²) in [5.74, 6) is 0.370. The lowest BCUT2D eigenvalue weighted by atomic mass is 10.1. The van der Waals surface area contributed by atoms with Crippen molar-refractivity contribution in [2.24, 2.45) is 5.10 Å². The number of nitrogens with zero attached hydrogens (tertiary/aromatic N) is 1. The van der Waals surface area contributed by atoms with Gasteiger partial charge in [-0.1, -0.05) is 30.3 Å². The van der Waals surface area contributed by atoms with Gasteiger partial charge in [0.05, 0.1) is 19.9 Å². The molecule has 2 N–H and O–H groups in total. The molecule has 1 atom stereocenters. The second kappa shape index (κ2) is 10.1. The van der Waals surface area contributed by atoms with E-state index in [2.05, 4.69) is 15.8 Å². The maximum Gasteiger partial charge on any atom is 0.333 e. The number of nitrogens with one attached hydrogen (secondary N) is 2. The maximum atomic E-state index is 12.2. The van der Waals surface area contributed by atoms with Crippen LogP contribution in [0.5, 0.6) is 5.75 Å². The molecule has 2 aromatic carbocycles. The number of esters is 1. The molecule has 0 unspecified atom stereocenters. The molecule has 0 amide bonds. The minimum atomic E-state index is -0.702. The third-order valence-electron chi connectivity index (χ3n) is 3.43. The van der Waals surface area contributed by atoms with Crippen LogP contribution >= 0.6 is 12.2 Å². The number of hydrazone groups is 1. The lowest BCUT2D eigenvalue weighted by Crippen LogP contribution is -2.39. The van der Waals surface area contributed by atoms with Crippen LogP contribution in [0.1, 0.15) is 24.1 Å². The summed E-state index contributed by atoms with van der Waals surface area (Å²) in [6, 6.07) is 15.9. The van der Waals surface area contributed by atoms with E-state index in [4.69, 9.17) is 21.7 Å². The van der Waals surface area contributed by atoms with Crippen LogP contribution in [-0.2, 0) is 9.53 Å². The first kappa shape index (κ1) is 19.4. The zero-order valence-corrected chi connectivity index (χ0v) is 15.5. The fourth-order valence-corrected chi connectivity index (χ4v) is 2.34. The second-order valence-electron chi connectivity index (χ2n) is 5.21. The van der Waals surface area contributed by atoms with Gasteiger partial charge in [0.15, 0.2) is 11.2 Å². The number of methoxy groups -OCH3 is 1. The third kappa shape index (κ3) is 5.86. The van der Waals surface area contributed by atoms with Crippen molar-refractivity contribution in [1.82, 2.24) is 10.7 Å². The largest absolute Gasteiger partial charge is 0.497 e. The van der Waals surface area contributed by atoms with E-state index in [0.29, 0.717) is 6.61 Å². The lowest BCUT2D eigenvalue weighted by Gasteiger charge is -2.18. The van der Waals surface area contributed by atoms with Crippen LogP contribution in [-0.4, -0.2) is 31.0 Å². The maximum absolute atomic E-state index is 12.2. The molecule has 0 fully saturated rings. The Hall–Kier alpha value is -2.93. The highest BCUT2D eigenvalue weighted by atomic mass is 32.1. The summed E-state index contributed by atoms with van der Waals surface area (Å²) in [4.78, 5) is 12.2. The topological polar surface area (TPSA) is 72.0 Å². The molecule has 7 heteroatoms. The van der Waals surface area contributed by atoms with Gasteiger partial charge in [0.1, 0.15) is 5.75 Å². The number of hydrogen-bond acceptors (Lipinski definition) is 5. The quantitative estimate of drug-likeness (QED) is 0.338. The molecule has 0 aliphatic rings. The van der Waals surface area contributed by atoms with Crippen molar-refractivity contribution in [2.45, 2.75) is 13.0 Å². The first-order valence-electron chi connectivity index (χ1n) is 8.09. The molecule has 6 nitrogen and oxygen atoms in total. The van der Waals surface area contributed by atoms with Crippen LogP contribution in [0.4, 0.5) is 0 Å². The molecule has 0 spiro atoms. The number of ether oxygens (including phenoxy) is 2. The molecular weight excluding hydrogens is 350 g/mol. The predicted molar refractivity (Wildman–Crippen MR) is 105 cm³/mol. The van der Waals surface area contributed by atoms with Gasteiger partial charge in [-0.3, -0.25) is 5.43 Å². The molecule has 2 aromatic rings. The van der Waals surface area contributed by atoms with Crippen molar-refractivity contribution in [3.63, 3.8) is 0 Å². The van der Waals surface area contributed by atoms with Gasteiger partial charge in [0, 0.05) is 0 Å². The zero-order chi connectivity index (χ0) is 18.8. The van der Waals surface area contributed by atoms with E-state index in [1.165, 1.54) is 0 Å². The molecule has 0 saturated carbocycles. The summed E-state index contributed by atoms with van der Waals surface area (Å²) < 4.78 is 10.2. The van der Waals surface area contributed by atoms with Gasteiger partial charge >= 0.3 is 5.97 Å². The second-order valence-corrected chi connectivity index (χ2v) is 5.62. The van der Waals surface area contributed by atoms with Crippen LogP contribution in [0.3, 0.4) is 0 Å². The number of thiocarbonyl (C=S) groups is 1. The molecule has 0 heterocycles. The molecule has 0 aliphatic carbocycles. The number of carbonyl (C=O) groups excluding carboxylic acids is 1. The summed E-state index contributed by atoms with van der Waals surface area (Å²) in [7, 11) is 1.61. The average molecular weight is 371 g/mol. The number of benzene rings is 2. The molecule has 26 heavy (non-hydrogen) atoms. The van der Waals surface area contributed by atoms with Crippen molar-refractivity contribution in [3.05, 3.63) is 65.7 Å². The highest BCUT2D eigenvalue weighted by Gasteiger charge is 2.22. The van der Waals surface area contributed by atoms with Gasteiger partial charge in [-0.2, -0.15) is 5.10 Å². The van der Waals surface area contributed by atoms with E-state index in [9.17, 15) is 4.79 Å². The monoisotopic (exact) mass is 371 g/mol. The standard InChI is InChI=1S/C19H21N3O3S/c1-3-25-18(23)17(15-7-5-4-6-8-15)21-19(26)22-20-13-14-9-11-16(24-2)12-10-14/h4-13,17H,3H2,1-2H3,(H2,21,22,26)/b20-13-/t17-/m1/s1. The fourth-order valence-electron chi connectivity index (χ4n) is 2.17. The van der Waals surface area contributed by atoms with E-state index in [1.54, 1.807) is 20.2 Å². The van der Waals surface area contributed by atoms with E-state index >= 15 is 0 Å². The third-order valence-corrected chi connectivity index (χ3v) is 3.64. The Labute approximate surface area is 158 Å². The van der Waals surface area contributed by atoms with Gasteiger partial charge in [-0.15, -0.1) is 0 Å². The van der Waals surface area contributed by atoms with Gasteiger partial charge in [-0.05, 0) is 54.5 Å². The molecule has 2 rings (SSSR count). The number of carbonyl (C=O) groups is 1. The molecule has 0 aliphatic heterocycles. The van der Waals surface area contributed by atoms with Crippen molar-refractivity contribution in [2.75, 3.05) is 13.7 Å². The Morgan fingerprint density at radius 2 is 1.88 bits per heavy atom. The fraction of sp³-hybridized carbons (Fsp3) is 0.211. The first-order valence-corrected chi connectivity index (χ1v) is 8.50. The minimum Gasteiger partial charge on any atom is -0.497 e. The highest BCUT2D eigenvalue weighted by molar-refractivity contribution is 7.80. The Balaban J connectivity index is 1.97. The Morgan fingerprint density at radius 1 is 1.19 bits per heavy atom. The molecule has 0 aromatic heterocycles. The lowest BCUT2D eigenvalue weighted by molar-refractivity contribution is -0.145. The van der Waals surface area contributed by atoms with E-state index in [0.717, 1.165) is 16.9 Å². The molecule has 0 radical (unpaired) electrons. The van der Waals surface area contributed by atoms with Crippen LogP contribution < -0.4 is 15.5 Å². The van der Waals surface area contributed by atoms with Gasteiger partial charge in [0.2, 0.25) is 0 Å². The summed E-state index contributed by atoms with van der Waals surface area (Å²) >= 11 is 5.22. The SMILES string of the molecule is CCOC(=O)[C@H](NC(=S)N/N=C\c1ccc(OC)cc1)c1ccccc1. The highest BCUT2D eigenvalue weighted by Crippen LogP contribution is 2.14. The van der Waals surface area contributed by atoms with Gasteiger partial charge in [-0.25, -0.2) is 4.79 Å². The average Bonchev–Trinajstić information content (AvgIpc) is 2.67. The number of hydrogen-bond donors (Lipinski definition) is 2. The Bertz CT molecular complexity index is 748. The summed E-state index contributed by atoms with van der Waals surface area (Å²) in [6.07, 6.45) is 1.62. The summed E-state index contributed by atoms with van der Waals surface area (Å²) in [6.45, 7) is 2.05. The normalized spacial score (nSPS) is 11.6. The first-order chi connectivity index (χ1) is 12.6. The van der Waals surface area contributed by atoms with Crippen LogP contribution in [0, 0.1) is 0 Å². The molecule has 0 saturated heterocycles. The van der Waals surface area contributed by atoms with E-state index in [-0.39, 0.29) is 5.11 Å². The Kier molecular flexibility index (Phi) is 7.57. The van der Waals surface area contributed by atoms with E-state index in [1.807, 2.05) is 54.6 Å². The molecule has 136 valence electrons. The zero-order valence-electron chi connectivity index (χ0n) is 14.6. The molecular formula is C19H21N3O3S. The predicted octanol–water partition coefficient (Wildman–Crippen LogP) is 2.80. The number of rotatable bonds is 7. The van der Waals surface area contributed by atoms with Crippen molar-refractivity contribution >= 4 is 29.5 Å². The van der Waals surface area contributed by atoms with Gasteiger partial charge < -0.3 is 14.8 Å². The van der Waals surface area contributed by atoms with Crippen molar-refractivity contribution in [1.29, 1.82) is 0 Å². The van der Waals surface area contributed by atoms with Crippen LogP contribution in [0.25, 0.3) is 0 Å². The minimum absolute atomic E-state index is 0.219. The summed E-state index contributed by atoms with van der Waals surface area (Å²) in [5, 5.41) is 7.23. The van der Waals surface area contributed by atoms with Crippen LogP contribution in [0.15, 0.2) is 59.7 Å². The van der Waals surface area contributed by atoms with Crippen molar-refractivity contribution < 1.29 is 14.3 Å². The summed E-state index contributed by atoms with van der Waals surface area (Å²) in [5.41, 5.74) is 4.35.